The van der Waals surface area contributed by atoms with E-state index < -0.39 is 12.1 Å². The van der Waals surface area contributed by atoms with Crippen LogP contribution < -0.4 is 16.8 Å². The molecule has 38 heavy (non-hydrogen) atoms. The zero-order valence-electron chi connectivity index (χ0n) is 23.6. The molecule has 2 aromatic rings. The maximum Gasteiger partial charge on any atom is 0.251 e. The Kier molecular flexibility index (Phi) is 11.5. The largest absolute Gasteiger partial charge is 0.474 e. The summed E-state index contributed by atoms with van der Waals surface area (Å²) in [6, 6.07) is 15.2. The number of amides is 1. The van der Waals surface area contributed by atoms with Gasteiger partial charge in [0.15, 0.2) is 10.8 Å². The SMILES string of the molecule is C=C(C)/C(=C(C)\C=C/C)C(N)/C=C(\N)OC(CNC(=O)c1cccc([SH2+])c1)Cc1ccc(C(C)(C)C)cc1. The molecule has 2 aromatic carbocycles. The molecule has 0 aliphatic rings. The van der Waals surface area contributed by atoms with Gasteiger partial charge in [-0.25, -0.2) is 0 Å². The minimum Gasteiger partial charge on any atom is -0.474 e. The van der Waals surface area contributed by atoms with Gasteiger partial charge in [-0.1, -0.05) is 75.4 Å². The maximum absolute atomic E-state index is 12.8. The fourth-order valence-electron chi connectivity index (χ4n) is 4.24. The Hall–Kier alpha value is -3.22. The Morgan fingerprint density at radius 2 is 1.82 bits per heavy atom. The van der Waals surface area contributed by atoms with E-state index in [9.17, 15) is 4.79 Å². The first-order valence-electron chi connectivity index (χ1n) is 12.9. The molecule has 2 atom stereocenters. The minimum atomic E-state index is -0.480. The first-order chi connectivity index (χ1) is 17.8. The van der Waals surface area contributed by atoms with Crippen LogP contribution in [0.1, 0.15) is 63.0 Å². The zero-order chi connectivity index (χ0) is 28.5. The van der Waals surface area contributed by atoms with Crippen molar-refractivity contribution < 1.29 is 9.53 Å². The van der Waals surface area contributed by atoms with Crippen molar-refractivity contribution in [2.45, 2.75) is 70.4 Å². The van der Waals surface area contributed by atoms with Gasteiger partial charge < -0.3 is 21.5 Å². The normalized spacial score (nSPS) is 14.6. The Morgan fingerprint density at radius 1 is 1.16 bits per heavy atom. The van der Waals surface area contributed by atoms with Crippen LogP contribution in [0.15, 0.2) is 101 Å². The highest BCUT2D eigenvalue weighted by molar-refractivity contribution is 7.58. The van der Waals surface area contributed by atoms with Gasteiger partial charge in [-0.05, 0) is 79.3 Å². The van der Waals surface area contributed by atoms with Gasteiger partial charge in [0.05, 0.1) is 12.6 Å². The van der Waals surface area contributed by atoms with E-state index in [1.54, 1.807) is 18.2 Å². The Bertz CT molecular complexity index is 1200. The topological polar surface area (TPSA) is 90.4 Å². The van der Waals surface area contributed by atoms with Crippen LogP contribution in [0.25, 0.3) is 0 Å². The van der Waals surface area contributed by atoms with Crippen LogP contribution in [0, 0.1) is 0 Å². The first-order valence-corrected chi connectivity index (χ1v) is 13.4. The van der Waals surface area contributed by atoms with Crippen LogP contribution >= 0.6 is 0 Å². The second-order valence-corrected chi connectivity index (χ2v) is 11.2. The molecule has 0 heterocycles. The summed E-state index contributed by atoms with van der Waals surface area (Å²) in [6.07, 6.45) is 5.82. The van der Waals surface area contributed by atoms with Crippen molar-refractivity contribution in [3.8, 4) is 0 Å². The van der Waals surface area contributed by atoms with Crippen molar-refractivity contribution in [2.24, 2.45) is 11.5 Å². The van der Waals surface area contributed by atoms with Gasteiger partial charge in [0, 0.05) is 18.1 Å². The molecular formula is C32H44N3O2S+. The first kappa shape index (κ1) is 31.0. The third-order valence-electron chi connectivity index (χ3n) is 6.18. The number of carbonyl (C=O) groups excluding carboxylic acids is 1. The highest BCUT2D eigenvalue weighted by atomic mass is 32.1. The smallest absolute Gasteiger partial charge is 0.251 e. The van der Waals surface area contributed by atoms with Crippen molar-refractivity contribution >= 4 is 18.5 Å². The van der Waals surface area contributed by atoms with E-state index in [4.69, 9.17) is 16.2 Å². The zero-order valence-corrected chi connectivity index (χ0v) is 24.6. The predicted octanol–water partition coefficient (Wildman–Crippen LogP) is 5.31. The molecule has 5 nitrogen and oxygen atoms in total. The number of hydrogen-bond acceptors (Lipinski definition) is 4. The number of allylic oxidation sites excluding steroid dienone is 3. The number of carbonyl (C=O) groups is 1. The highest BCUT2D eigenvalue weighted by Gasteiger charge is 2.18. The van der Waals surface area contributed by atoms with Gasteiger partial charge in [0.25, 0.3) is 5.91 Å². The molecule has 204 valence electrons. The highest BCUT2D eigenvalue weighted by Crippen LogP contribution is 2.23. The van der Waals surface area contributed by atoms with Crippen molar-refractivity contribution in [1.29, 1.82) is 0 Å². The number of nitrogens with one attached hydrogen (secondary N) is 1. The van der Waals surface area contributed by atoms with Gasteiger partial charge in [-0.2, -0.15) is 0 Å². The van der Waals surface area contributed by atoms with Crippen LogP contribution in [0.5, 0.6) is 0 Å². The van der Waals surface area contributed by atoms with Crippen LogP contribution in [-0.4, -0.2) is 24.6 Å². The van der Waals surface area contributed by atoms with E-state index in [1.807, 2.05) is 45.1 Å². The van der Waals surface area contributed by atoms with Crippen molar-refractivity contribution in [1.82, 2.24) is 5.32 Å². The molecule has 5 N–H and O–H groups in total. The van der Waals surface area contributed by atoms with E-state index in [-0.39, 0.29) is 23.8 Å². The summed E-state index contributed by atoms with van der Waals surface area (Å²) < 4.78 is 6.17. The summed E-state index contributed by atoms with van der Waals surface area (Å²) in [6.45, 7) is 16.8. The fraction of sp³-hybridized carbons (Fsp3) is 0.344. The quantitative estimate of drug-likeness (QED) is 0.207. The second kappa shape index (κ2) is 14.1. The van der Waals surface area contributed by atoms with Gasteiger partial charge in [0.2, 0.25) is 0 Å². The van der Waals surface area contributed by atoms with Gasteiger partial charge >= 0.3 is 0 Å². The average molecular weight is 535 g/mol. The van der Waals surface area contributed by atoms with E-state index >= 15 is 0 Å². The third-order valence-corrected chi connectivity index (χ3v) is 6.49. The molecule has 0 aromatic heterocycles. The van der Waals surface area contributed by atoms with Crippen molar-refractivity contribution in [2.75, 3.05) is 6.54 Å². The summed E-state index contributed by atoms with van der Waals surface area (Å²) in [5.41, 5.74) is 18.6. The molecule has 2 unspecified atom stereocenters. The number of nitrogens with two attached hydrogens (primary N) is 2. The number of benzene rings is 2. The van der Waals surface area contributed by atoms with E-state index in [0.717, 1.165) is 27.2 Å². The van der Waals surface area contributed by atoms with Gasteiger partial charge in [-0.15, -0.1) is 0 Å². The number of ether oxygens (including phenoxy) is 1. The summed E-state index contributed by atoms with van der Waals surface area (Å²) >= 11 is 3.47. The van der Waals surface area contributed by atoms with E-state index in [2.05, 4.69) is 69.6 Å². The summed E-state index contributed by atoms with van der Waals surface area (Å²) in [4.78, 5) is 13.6. The molecule has 1 amide bonds. The molecular weight excluding hydrogens is 490 g/mol. The third kappa shape index (κ3) is 9.58. The van der Waals surface area contributed by atoms with Crippen molar-refractivity contribution in [3.05, 3.63) is 113 Å². The minimum absolute atomic E-state index is 0.0646. The summed E-state index contributed by atoms with van der Waals surface area (Å²) in [5.74, 6) is 0.0211. The Labute approximate surface area is 234 Å². The van der Waals surface area contributed by atoms with Gasteiger partial charge in [-0.3, -0.25) is 4.79 Å². The van der Waals surface area contributed by atoms with Crippen molar-refractivity contribution in [3.63, 3.8) is 0 Å². The molecule has 0 fully saturated rings. The van der Waals surface area contributed by atoms with Crippen LogP contribution in [0.4, 0.5) is 0 Å². The molecule has 0 radical (unpaired) electrons. The van der Waals surface area contributed by atoms with Crippen LogP contribution in [0.2, 0.25) is 0 Å². The fourth-order valence-corrected chi connectivity index (χ4v) is 4.50. The maximum atomic E-state index is 12.8. The standard InChI is InChI=1S/C32H43N3O2S/c1-8-10-22(4)30(21(2)3)28(33)19-29(34)37-26(17-23-13-15-25(16-14-23)32(5,6)7)20-35-31(36)24-11-9-12-27(38)18-24/h8-16,18-19,26,28,38H,2,17,20,33-34H2,1,3-7H3,(H,35,36)/p+1/b10-8-,29-19+,30-22+. The van der Waals surface area contributed by atoms with Crippen LogP contribution in [-0.2, 0) is 29.2 Å². The Morgan fingerprint density at radius 3 is 2.37 bits per heavy atom. The second-order valence-electron chi connectivity index (χ2n) is 10.7. The van der Waals surface area contributed by atoms with Gasteiger partial charge in [0.1, 0.15) is 6.10 Å². The molecule has 0 saturated carbocycles. The molecule has 0 aliphatic heterocycles. The molecule has 0 aliphatic carbocycles. The molecule has 0 bridgehead atoms. The number of rotatable bonds is 11. The molecule has 6 heteroatoms. The molecule has 0 saturated heterocycles. The predicted molar refractivity (Wildman–Crippen MR) is 163 cm³/mol. The van der Waals surface area contributed by atoms with E-state index in [1.165, 1.54) is 5.56 Å². The van der Waals surface area contributed by atoms with Crippen LogP contribution in [0.3, 0.4) is 0 Å². The lowest BCUT2D eigenvalue weighted by Gasteiger charge is -2.23. The molecule has 0 spiro atoms. The summed E-state index contributed by atoms with van der Waals surface area (Å²) in [7, 11) is 0. The lowest BCUT2D eigenvalue weighted by molar-refractivity contribution is 0.0855. The summed E-state index contributed by atoms with van der Waals surface area (Å²) in [5, 5.41) is 2.98. The lowest BCUT2D eigenvalue weighted by atomic mass is 9.86. The number of hydrogen-bond donors (Lipinski definition) is 3. The Balaban J connectivity index is 2.26. The monoisotopic (exact) mass is 534 g/mol. The molecule has 2 rings (SSSR count). The average Bonchev–Trinajstić information content (AvgIpc) is 2.82. The lowest BCUT2D eigenvalue weighted by Crippen LogP contribution is -2.36. The van der Waals surface area contributed by atoms with E-state index in [0.29, 0.717) is 12.0 Å².